The number of aromatic hydroxyl groups is 1. The van der Waals surface area contributed by atoms with Crippen molar-refractivity contribution in [3.63, 3.8) is 0 Å². The molecule has 1 aromatic carbocycles. The number of aromatic nitrogens is 2. The number of hydrogen-bond donors (Lipinski definition) is 4. The van der Waals surface area contributed by atoms with Gasteiger partial charge < -0.3 is 10.2 Å². The first-order chi connectivity index (χ1) is 14.1. The third-order valence-corrected chi connectivity index (χ3v) is 4.99. The molecule has 0 aliphatic carbocycles. The van der Waals surface area contributed by atoms with Crippen molar-refractivity contribution >= 4 is 27.5 Å². The van der Waals surface area contributed by atoms with Crippen LogP contribution in [-0.4, -0.2) is 34.1 Å². The Bertz CT molecular complexity index is 1350. The molecule has 2 heterocycles. The van der Waals surface area contributed by atoms with Gasteiger partial charge in [0.05, 0.1) is 5.56 Å². The normalized spacial score (nSPS) is 11.7. The summed E-state index contributed by atoms with van der Waals surface area (Å²) in [5.74, 6) is -1.82. The van der Waals surface area contributed by atoms with Gasteiger partial charge in [-0.1, -0.05) is 12.1 Å². The third-order valence-electron chi connectivity index (χ3n) is 4.09. The van der Waals surface area contributed by atoms with Crippen molar-refractivity contribution in [2.45, 2.75) is 11.8 Å². The number of nitrogens with zero attached hydrogens (tertiary/aromatic N) is 3. The number of azo groups is 1. The Hall–Kier alpha value is -3.90. The minimum absolute atomic E-state index is 0.0204. The van der Waals surface area contributed by atoms with Crippen molar-refractivity contribution in [2.24, 2.45) is 10.2 Å². The van der Waals surface area contributed by atoms with E-state index in [9.17, 15) is 27.7 Å². The third kappa shape index (κ3) is 4.09. The van der Waals surface area contributed by atoms with Crippen molar-refractivity contribution in [1.29, 1.82) is 0 Å². The molecule has 154 valence electrons. The predicted molar refractivity (Wildman–Crippen MR) is 102 cm³/mol. The summed E-state index contributed by atoms with van der Waals surface area (Å²) in [6.07, 6.45) is 2.65. The first-order valence-electron chi connectivity index (χ1n) is 8.28. The fourth-order valence-electron chi connectivity index (χ4n) is 2.72. The number of pyridine rings is 2. The topological polar surface area (TPSA) is 173 Å². The second kappa shape index (κ2) is 7.85. The molecule has 0 radical (unpaired) electrons. The van der Waals surface area contributed by atoms with Gasteiger partial charge in [-0.25, -0.2) is 4.79 Å². The van der Waals surface area contributed by atoms with E-state index in [0.717, 1.165) is 6.07 Å². The van der Waals surface area contributed by atoms with Gasteiger partial charge in [0.2, 0.25) is 5.88 Å². The van der Waals surface area contributed by atoms with Gasteiger partial charge in [0, 0.05) is 6.07 Å². The lowest BCUT2D eigenvalue weighted by molar-refractivity contribution is -0.597. The SMILES string of the molecule is Cc1c(/N=N/c2ccccc2S(=O)(=O)O)c(O)[nH]c(=O)c1-[n+]1cccc(C(=O)O)c1. The van der Waals surface area contributed by atoms with Crippen LogP contribution in [-0.2, 0) is 10.1 Å². The Labute approximate surface area is 169 Å². The average molecular weight is 431 g/mol. The molecular formula is C18H15N4O7S+. The van der Waals surface area contributed by atoms with Crippen LogP contribution < -0.4 is 10.1 Å². The Morgan fingerprint density at radius 3 is 2.50 bits per heavy atom. The summed E-state index contributed by atoms with van der Waals surface area (Å²) in [5.41, 5.74) is -1.02. The molecule has 0 amide bonds. The van der Waals surface area contributed by atoms with E-state index < -0.39 is 32.4 Å². The lowest BCUT2D eigenvalue weighted by atomic mass is 10.2. The van der Waals surface area contributed by atoms with Crippen LogP contribution in [0, 0.1) is 6.92 Å². The molecule has 0 fully saturated rings. The molecule has 12 heteroatoms. The largest absolute Gasteiger partial charge is 0.493 e. The smallest absolute Gasteiger partial charge is 0.341 e. The van der Waals surface area contributed by atoms with E-state index in [1.54, 1.807) is 0 Å². The van der Waals surface area contributed by atoms with Crippen LogP contribution in [0.2, 0.25) is 0 Å². The van der Waals surface area contributed by atoms with Gasteiger partial charge in [-0.05, 0) is 25.1 Å². The van der Waals surface area contributed by atoms with Crippen LogP contribution in [0.3, 0.4) is 0 Å². The fourth-order valence-corrected chi connectivity index (χ4v) is 3.35. The summed E-state index contributed by atoms with van der Waals surface area (Å²) >= 11 is 0. The molecule has 0 aliphatic rings. The summed E-state index contributed by atoms with van der Waals surface area (Å²) in [4.78, 5) is 25.3. The molecule has 30 heavy (non-hydrogen) atoms. The standard InChI is InChI=1S/C18H14N4O7S/c1-10-14(21-20-12-6-2-3-7-13(12)30(27,28)29)16(23)19-17(24)15(10)22-8-4-5-11(9-22)18(25)26/h2-9H,1H3,(H3-,19,20,23,24,25,26,27,28,29)/p+1. The zero-order chi connectivity index (χ0) is 22.1. The zero-order valence-electron chi connectivity index (χ0n) is 15.3. The molecule has 0 atom stereocenters. The van der Waals surface area contributed by atoms with Gasteiger partial charge in [0.15, 0.2) is 18.1 Å². The van der Waals surface area contributed by atoms with Crippen LogP contribution in [0.25, 0.3) is 5.69 Å². The van der Waals surface area contributed by atoms with Crippen LogP contribution in [0.1, 0.15) is 15.9 Å². The van der Waals surface area contributed by atoms with E-state index in [2.05, 4.69) is 15.2 Å². The minimum atomic E-state index is -4.56. The summed E-state index contributed by atoms with van der Waals surface area (Å²) in [7, 11) is -4.56. The molecule has 0 unspecified atom stereocenters. The van der Waals surface area contributed by atoms with Crippen molar-refractivity contribution in [3.05, 3.63) is 70.3 Å². The molecule has 4 N–H and O–H groups in total. The molecule has 0 saturated heterocycles. The van der Waals surface area contributed by atoms with Gasteiger partial charge in [-0.15, -0.1) is 10.2 Å². The number of carbonyl (C=O) groups is 1. The molecule has 3 rings (SSSR count). The highest BCUT2D eigenvalue weighted by atomic mass is 32.2. The maximum Gasteiger partial charge on any atom is 0.341 e. The van der Waals surface area contributed by atoms with E-state index in [0.29, 0.717) is 0 Å². The molecule has 0 saturated carbocycles. The second-order valence-corrected chi connectivity index (χ2v) is 7.46. The lowest BCUT2D eigenvalue weighted by Crippen LogP contribution is -2.38. The Morgan fingerprint density at radius 1 is 1.13 bits per heavy atom. The zero-order valence-corrected chi connectivity index (χ0v) is 16.2. The van der Waals surface area contributed by atoms with Crippen molar-refractivity contribution < 1.29 is 32.5 Å². The Morgan fingerprint density at radius 2 is 1.83 bits per heavy atom. The number of hydrogen-bond acceptors (Lipinski definition) is 7. The molecular weight excluding hydrogens is 416 g/mol. The predicted octanol–water partition coefficient (Wildman–Crippen LogP) is 2.03. The van der Waals surface area contributed by atoms with E-state index in [4.69, 9.17) is 5.11 Å². The Kier molecular flexibility index (Phi) is 5.45. The number of aromatic carboxylic acids is 1. The van der Waals surface area contributed by atoms with Gasteiger partial charge in [0.25, 0.3) is 15.8 Å². The monoisotopic (exact) mass is 431 g/mol. The van der Waals surface area contributed by atoms with E-state index in [-0.39, 0.29) is 28.2 Å². The molecule has 0 bridgehead atoms. The minimum Gasteiger partial charge on any atom is -0.493 e. The Balaban J connectivity index is 2.16. The van der Waals surface area contributed by atoms with Gasteiger partial charge >= 0.3 is 11.5 Å². The van der Waals surface area contributed by atoms with E-state index in [1.165, 1.54) is 54.2 Å². The molecule has 2 aromatic heterocycles. The maximum absolute atomic E-state index is 12.4. The fraction of sp³-hybridized carbons (Fsp3) is 0.0556. The first-order valence-corrected chi connectivity index (χ1v) is 9.72. The van der Waals surface area contributed by atoms with Gasteiger partial charge in [0.1, 0.15) is 16.1 Å². The van der Waals surface area contributed by atoms with Crippen LogP contribution in [0.15, 0.2) is 68.7 Å². The molecule has 0 aliphatic heterocycles. The van der Waals surface area contributed by atoms with Crippen LogP contribution >= 0.6 is 0 Å². The summed E-state index contributed by atoms with van der Waals surface area (Å²) < 4.78 is 33.5. The quantitative estimate of drug-likeness (QED) is 0.271. The number of rotatable bonds is 5. The summed E-state index contributed by atoms with van der Waals surface area (Å²) in [6, 6.07) is 8.04. The first kappa shape index (κ1) is 20.8. The number of nitrogens with one attached hydrogen (secondary N) is 1. The highest BCUT2D eigenvalue weighted by molar-refractivity contribution is 7.86. The number of benzene rings is 1. The highest BCUT2D eigenvalue weighted by Crippen LogP contribution is 2.32. The number of aromatic amines is 1. The lowest BCUT2D eigenvalue weighted by Gasteiger charge is -2.05. The number of carboxylic acid groups (broad SMARTS) is 1. The van der Waals surface area contributed by atoms with Crippen molar-refractivity contribution in [2.75, 3.05) is 0 Å². The second-order valence-electron chi connectivity index (χ2n) is 6.07. The van der Waals surface area contributed by atoms with Gasteiger partial charge in [-0.2, -0.15) is 13.0 Å². The number of carboxylic acids is 1. The molecule has 11 nitrogen and oxygen atoms in total. The maximum atomic E-state index is 12.4. The summed E-state index contributed by atoms with van der Waals surface area (Å²) in [5, 5.41) is 26.9. The van der Waals surface area contributed by atoms with E-state index >= 15 is 0 Å². The molecule has 0 spiro atoms. The summed E-state index contributed by atoms with van der Waals surface area (Å²) in [6.45, 7) is 1.45. The van der Waals surface area contributed by atoms with Gasteiger partial charge in [-0.3, -0.25) is 14.3 Å². The van der Waals surface area contributed by atoms with Crippen molar-refractivity contribution in [3.8, 4) is 11.6 Å². The molecule has 3 aromatic rings. The van der Waals surface area contributed by atoms with Crippen LogP contribution in [0.4, 0.5) is 11.4 Å². The van der Waals surface area contributed by atoms with Crippen molar-refractivity contribution in [1.82, 2.24) is 4.98 Å². The van der Waals surface area contributed by atoms with Crippen LogP contribution in [0.5, 0.6) is 5.88 Å². The van der Waals surface area contributed by atoms with E-state index in [1.807, 2.05) is 0 Å². The average Bonchev–Trinajstić information content (AvgIpc) is 2.67. The number of H-pyrrole nitrogens is 1. The highest BCUT2D eigenvalue weighted by Gasteiger charge is 2.23.